The second-order valence-corrected chi connectivity index (χ2v) is 10.1. The van der Waals surface area contributed by atoms with Crippen molar-refractivity contribution in [1.29, 1.82) is 0 Å². The van der Waals surface area contributed by atoms with Crippen LogP contribution in [-0.2, 0) is 9.53 Å². The predicted molar refractivity (Wildman–Crippen MR) is 151 cm³/mol. The van der Waals surface area contributed by atoms with Crippen LogP contribution >= 0.6 is 11.3 Å². The van der Waals surface area contributed by atoms with E-state index in [2.05, 4.69) is 4.99 Å². The molecule has 4 rings (SSSR count). The maximum atomic E-state index is 14.0. The van der Waals surface area contributed by atoms with Gasteiger partial charge >= 0.3 is 5.97 Å². The van der Waals surface area contributed by atoms with E-state index in [0.717, 1.165) is 5.56 Å². The molecule has 1 aliphatic rings. The Morgan fingerprint density at radius 3 is 2.49 bits per heavy atom. The maximum Gasteiger partial charge on any atom is 0.338 e. The second kappa shape index (κ2) is 12.3. The van der Waals surface area contributed by atoms with Gasteiger partial charge in [0.2, 0.25) is 0 Å². The Kier molecular flexibility index (Phi) is 8.91. The minimum Gasteiger partial charge on any atom is -0.494 e. The summed E-state index contributed by atoms with van der Waals surface area (Å²) in [5, 5.41) is 0. The van der Waals surface area contributed by atoms with Crippen LogP contribution in [0.1, 0.15) is 58.7 Å². The Hall–Kier alpha value is -3.85. The van der Waals surface area contributed by atoms with Crippen LogP contribution in [0.4, 0.5) is 0 Å². The molecular formula is C30H34N2O6S. The number of nitrogens with zero attached hydrogens (tertiary/aromatic N) is 2. The van der Waals surface area contributed by atoms with Gasteiger partial charge in [0.15, 0.2) is 4.80 Å². The van der Waals surface area contributed by atoms with Gasteiger partial charge in [-0.3, -0.25) is 9.36 Å². The fraction of sp³-hybridized carbons (Fsp3) is 0.367. The zero-order valence-corrected chi connectivity index (χ0v) is 24.0. The third-order valence-electron chi connectivity index (χ3n) is 5.98. The second-order valence-electron chi connectivity index (χ2n) is 9.07. The summed E-state index contributed by atoms with van der Waals surface area (Å²) in [6.07, 6.45) is 1.69. The van der Waals surface area contributed by atoms with E-state index in [9.17, 15) is 9.59 Å². The quantitative estimate of drug-likeness (QED) is 0.348. The molecule has 0 unspecified atom stereocenters. The van der Waals surface area contributed by atoms with Crippen molar-refractivity contribution in [2.45, 2.75) is 53.7 Å². The standard InChI is InChI=1S/C30H34N2O6S/c1-7-35-21-15-14-20(24(17-21)36-8-2)16-25-28(33)32-27(22-12-10-11-13-23(22)38-18(4)5)26(29(34)37-9-3)19(6)31-30(32)39-25/h10-18,27H,7-9H2,1-6H3/b25-16-/t27-/m1/s1. The molecule has 9 heteroatoms. The van der Waals surface area contributed by atoms with Crippen molar-refractivity contribution in [3.63, 3.8) is 0 Å². The number of ether oxygens (including phenoxy) is 4. The van der Waals surface area contributed by atoms with Crippen LogP contribution in [0.15, 0.2) is 63.5 Å². The number of allylic oxidation sites excluding steroid dienone is 1. The van der Waals surface area contributed by atoms with Gasteiger partial charge < -0.3 is 18.9 Å². The summed E-state index contributed by atoms with van der Waals surface area (Å²) in [6.45, 7) is 12.4. The monoisotopic (exact) mass is 550 g/mol. The third kappa shape index (κ3) is 5.93. The fourth-order valence-corrected chi connectivity index (χ4v) is 5.50. The number of hydrogen-bond donors (Lipinski definition) is 0. The molecule has 206 valence electrons. The van der Waals surface area contributed by atoms with Crippen molar-refractivity contribution in [3.05, 3.63) is 84.5 Å². The Morgan fingerprint density at radius 1 is 1.05 bits per heavy atom. The van der Waals surface area contributed by atoms with Crippen LogP contribution in [0.25, 0.3) is 6.08 Å². The first-order valence-electron chi connectivity index (χ1n) is 13.1. The molecule has 1 atom stereocenters. The number of para-hydroxylation sites is 1. The van der Waals surface area contributed by atoms with Crippen molar-refractivity contribution in [1.82, 2.24) is 4.57 Å². The molecule has 2 heterocycles. The van der Waals surface area contributed by atoms with Gasteiger partial charge in [0.1, 0.15) is 23.3 Å². The number of aromatic nitrogens is 1. The molecule has 8 nitrogen and oxygen atoms in total. The SMILES string of the molecule is CCOC(=O)C1=C(C)N=c2s/c(=C\c3ccc(OCC)cc3OCC)c(=O)n2[C@@H]1c1ccccc1OC(C)C. The van der Waals surface area contributed by atoms with E-state index >= 15 is 0 Å². The number of carbonyl (C=O) groups excluding carboxylic acids is 1. The smallest absolute Gasteiger partial charge is 0.338 e. The Morgan fingerprint density at radius 2 is 1.79 bits per heavy atom. The van der Waals surface area contributed by atoms with Crippen molar-refractivity contribution in [2.75, 3.05) is 19.8 Å². The van der Waals surface area contributed by atoms with Crippen molar-refractivity contribution in [2.24, 2.45) is 4.99 Å². The number of hydrogen-bond acceptors (Lipinski definition) is 8. The predicted octanol–water partition coefficient (Wildman–Crippen LogP) is 4.38. The summed E-state index contributed by atoms with van der Waals surface area (Å²) >= 11 is 1.26. The van der Waals surface area contributed by atoms with Crippen molar-refractivity contribution < 1.29 is 23.7 Å². The van der Waals surface area contributed by atoms with E-state index in [-0.39, 0.29) is 18.3 Å². The first kappa shape index (κ1) is 28.2. The van der Waals surface area contributed by atoms with Gasteiger partial charge in [-0.2, -0.15) is 0 Å². The summed E-state index contributed by atoms with van der Waals surface area (Å²) < 4.78 is 25.0. The number of thiazole rings is 1. The molecule has 0 amide bonds. The van der Waals surface area contributed by atoms with Gasteiger partial charge in [-0.25, -0.2) is 9.79 Å². The van der Waals surface area contributed by atoms with E-state index in [1.807, 2.05) is 70.2 Å². The first-order valence-corrected chi connectivity index (χ1v) is 13.9. The molecule has 39 heavy (non-hydrogen) atoms. The van der Waals surface area contributed by atoms with E-state index in [1.165, 1.54) is 11.3 Å². The molecule has 2 aromatic carbocycles. The Labute approximate surface area is 231 Å². The maximum absolute atomic E-state index is 14.0. The number of fused-ring (bicyclic) bond motifs is 1. The highest BCUT2D eigenvalue weighted by Crippen LogP contribution is 2.36. The minimum absolute atomic E-state index is 0.102. The minimum atomic E-state index is -0.760. The van der Waals surface area contributed by atoms with Gasteiger partial charge in [-0.05, 0) is 65.8 Å². The molecule has 0 spiro atoms. The topological polar surface area (TPSA) is 88.4 Å². The molecule has 0 saturated heterocycles. The summed E-state index contributed by atoms with van der Waals surface area (Å²) in [7, 11) is 0. The largest absolute Gasteiger partial charge is 0.494 e. The van der Waals surface area contributed by atoms with Gasteiger partial charge in [-0.15, -0.1) is 0 Å². The van der Waals surface area contributed by atoms with Crippen LogP contribution in [0.3, 0.4) is 0 Å². The number of rotatable bonds is 10. The van der Waals surface area contributed by atoms with E-state index < -0.39 is 12.0 Å². The zero-order chi connectivity index (χ0) is 28.1. The van der Waals surface area contributed by atoms with Crippen LogP contribution in [0, 0.1) is 0 Å². The number of carbonyl (C=O) groups is 1. The van der Waals surface area contributed by atoms with Crippen LogP contribution in [-0.4, -0.2) is 36.5 Å². The highest BCUT2D eigenvalue weighted by molar-refractivity contribution is 7.07. The molecule has 0 saturated carbocycles. The average molecular weight is 551 g/mol. The molecule has 3 aromatic rings. The number of benzene rings is 2. The Balaban J connectivity index is 1.95. The van der Waals surface area contributed by atoms with E-state index in [4.69, 9.17) is 18.9 Å². The highest BCUT2D eigenvalue weighted by atomic mass is 32.1. The van der Waals surface area contributed by atoms with Crippen molar-refractivity contribution in [3.8, 4) is 17.2 Å². The molecule has 0 N–H and O–H groups in total. The molecule has 0 radical (unpaired) electrons. The molecule has 0 aliphatic carbocycles. The lowest BCUT2D eigenvalue weighted by molar-refractivity contribution is -0.139. The van der Waals surface area contributed by atoms with Gasteiger partial charge in [0.25, 0.3) is 5.56 Å². The summed E-state index contributed by atoms with van der Waals surface area (Å²) in [5.41, 5.74) is 1.97. The van der Waals surface area contributed by atoms with E-state index in [1.54, 1.807) is 24.5 Å². The first-order chi connectivity index (χ1) is 18.8. The molecule has 1 aromatic heterocycles. The fourth-order valence-electron chi connectivity index (χ4n) is 4.47. The van der Waals surface area contributed by atoms with Gasteiger partial charge in [0.05, 0.1) is 41.7 Å². The van der Waals surface area contributed by atoms with Crippen LogP contribution < -0.4 is 29.1 Å². The molecular weight excluding hydrogens is 516 g/mol. The lowest BCUT2D eigenvalue weighted by Crippen LogP contribution is -2.40. The van der Waals surface area contributed by atoms with Crippen molar-refractivity contribution >= 4 is 23.4 Å². The summed E-state index contributed by atoms with van der Waals surface area (Å²) in [5.74, 6) is 1.39. The average Bonchev–Trinajstić information content (AvgIpc) is 3.19. The van der Waals surface area contributed by atoms with Crippen LogP contribution in [0.2, 0.25) is 0 Å². The normalized spacial score (nSPS) is 15.2. The lowest BCUT2D eigenvalue weighted by atomic mass is 9.95. The van der Waals surface area contributed by atoms with Gasteiger partial charge in [0, 0.05) is 17.2 Å². The third-order valence-corrected chi connectivity index (χ3v) is 6.96. The molecule has 0 bridgehead atoms. The van der Waals surface area contributed by atoms with Gasteiger partial charge in [-0.1, -0.05) is 29.5 Å². The zero-order valence-electron chi connectivity index (χ0n) is 23.1. The molecule has 0 fully saturated rings. The summed E-state index contributed by atoms with van der Waals surface area (Å²) in [4.78, 5) is 32.4. The highest BCUT2D eigenvalue weighted by Gasteiger charge is 2.35. The summed E-state index contributed by atoms with van der Waals surface area (Å²) in [6, 6.07) is 12.2. The molecule has 1 aliphatic heterocycles. The lowest BCUT2D eigenvalue weighted by Gasteiger charge is -2.26. The van der Waals surface area contributed by atoms with Crippen LogP contribution in [0.5, 0.6) is 17.2 Å². The number of esters is 1. The Bertz CT molecular complexity index is 1570. The van der Waals surface area contributed by atoms with E-state index in [0.29, 0.717) is 56.6 Å².